The molecule has 0 spiro atoms. The van der Waals surface area contributed by atoms with Crippen molar-refractivity contribution in [1.29, 1.82) is 0 Å². The predicted octanol–water partition coefficient (Wildman–Crippen LogP) is 8.73. The van der Waals surface area contributed by atoms with Gasteiger partial charge in [0.05, 0.1) is 11.4 Å². The molecular formula is C28H44N2. The third kappa shape index (κ3) is 10.4. The number of pyridine rings is 2. The number of hydrogen-bond acceptors (Lipinski definition) is 2. The number of nitrogens with zero attached hydrogens (tertiary/aromatic N) is 2. The average Bonchev–Trinajstić information content (AvgIpc) is 2.79. The fourth-order valence-electron chi connectivity index (χ4n) is 4.02. The van der Waals surface area contributed by atoms with E-state index in [1.165, 1.54) is 101 Å². The van der Waals surface area contributed by atoms with Crippen LogP contribution in [0.2, 0.25) is 0 Å². The standard InChI is InChI=1S/C28H44N2/c1-3-5-7-9-11-13-15-17-25-19-21-27(29-23-25)28-22-20-26(24-30-28)18-16-14-12-10-8-6-4-2/h19-24H,3-18H2,1-2H3. The summed E-state index contributed by atoms with van der Waals surface area (Å²) in [6.07, 6.45) is 25.4. The largest absolute Gasteiger partial charge is 0.254 e. The Morgan fingerprint density at radius 2 is 0.833 bits per heavy atom. The molecule has 166 valence electrons. The topological polar surface area (TPSA) is 25.8 Å². The van der Waals surface area contributed by atoms with E-state index >= 15 is 0 Å². The summed E-state index contributed by atoms with van der Waals surface area (Å²) in [5, 5.41) is 0. The first-order valence-corrected chi connectivity index (χ1v) is 12.7. The highest BCUT2D eigenvalue weighted by Crippen LogP contribution is 2.17. The van der Waals surface area contributed by atoms with Gasteiger partial charge in [0.15, 0.2) is 0 Å². The molecule has 2 heterocycles. The van der Waals surface area contributed by atoms with E-state index in [0.29, 0.717) is 0 Å². The van der Waals surface area contributed by atoms with Gasteiger partial charge in [-0.25, -0.2) is 0 Å². The van der Waals surface area contributed by atoms with Gasteiger partial charge in [-0.15, -0.1) is 0 Å². The van der Waals surface area contributed by atoms with Gasteiger partial charge in [0, 0.05) is 12.4 Å². The van der Waals surface area contributed by atoms with Gasteiger partial charge in [0.1, 0.15) is 0 Å². The lowest BCUT2D eigenvalue weighted by atomic mass is 10.0. The van der Waals surface area contributed by atoms with Gasteiger partial charge < -0.3 is 0 Å². The van der Waals surface area contributed by atoms with Crippen LogP contribution in [-0.2, 0) is 12.8 Å². The Morgan fingerprint density at radius 1 is 0.467 bits per heavy atom. The molecule has 0 amide bonds. The highest BCUT2D eigenvalue weighted by Gasteiger charge is 2.03. The van der Waals surface area contributed by atoms with Gasteiger partial charge in [-0.1, -0.05) is 103 Å². The predicted molar refractivity (Wildman–Crippen MR) is 131 cm³/mol. The molecule has 30 heavy (non-hydrogen) atoms. The van der Waals surface area contributed by atoms with E-state index in [2.05, 4.69) is 48.1 Å². The highest BCUT2D eigenvalue weighted by molar-refractivity contribution is 5.54. The lowest BCUT2D eigenvalue weighted by Gasteiger charge is -2.06. The monoisotopic (exact) mass is 408 g/mol. The molecule has 2 aromatic rings. The summed E-state index contributed by atoms with van der Waals surface area (Å²) in [4.78, 5) is 9.33. The van der Waals surface area contributed by atoms with Crippen LogP contribution in [0.25, 0.3) is 11.4 Å². The van der Waals surface area contributed by atoms with Crippen LogP contribution >= 0.6 is 0 Å². The number of rotatable bonds is 17. The van der Waals surface area contributed by atoms with Crippen molar-refractivity contribution < 1.29 is 0 Å². The Balaban J connectivity index is 1.65. The van der Waals surface area contributed by atoms with Crippen LogP contribution in [0.1, 0.15) is 115 Å². The summed E-state index contributed by atoms with van der Waals surface area (Å²) >= 11 is 0. The Bertz CT molecular complexity index is 586. The fraction of sp³-hybridized carbons (Fsp3) is 0.643. The summed E-state index contributed by atoms with van der Waals surface area (Å²) in [6, 6.07) is 8.73. The first-order chi connectivity index (χ1) is 14.8. The normalized spacial score (nSPS) is 11.1. The molecule has 0 aliphatic heterocycles. The maximum atomic E-state index is 4.67. The Kier molecular flexibility index (Phi) is 13.1. The summed E-state index contributed by atoms with van der Waals surface area (Å²) in [7, 11) is 0. The maximum Gasteiger partial charge on any atom is 0.0886 e. The van der Waals surface area contributed by atoms with E-state index in [-0.39, 0.29) is 0 Å². The lowest BCUT2D eigenvalue weighted by Crippen LogP contribution is -1.93. The minimum absolute atomic E-state index is 0.987. The summed E-state index contributed by atoms with van der Waals surface area (Å²) < 4.78 is 0. The van der Waals surface area contributed by atoms with E-state index in [1.54, 1.807) is 0 Å². The zero-order valence-corrected chi connectivity index (χ0v) is 19.7. The van der Waals surface area contributed by atoms with Gasteiger partial charge in [-0.2, -0.15) is 0 Å². The van der Waals surface area contributed by atoms with Crippen molar-refractivity contribution in [1.82, 2.24) is 9.97 Å². The molecule has 0 saturated carbocycles. The number of hydrogen-bond donors (Lipinski definition) is 0. The van der Waals surface area contributed by atoms with Crippen LogP contribution in [-0.4, -0.2) is 9.97 Å². The first-order valence-electron chi connectivity index (χ1n) is 12.7. The number of aryl methyl sites for hydroxylation is 2. The van der Waals surface area contributed by atoms with Crippen molar-refractivity contribution in [3.05, 3.63) is 47.8 Å². The molecule has 0 aromatic carbocycles. The number of unbranched alkanes of at least 4 members (excludes halogenated alkanes) is 12. The maximum absolute atomic E-state index is 4.67. The molecule has 0 bridgehead atoms. The van der Waals surface area contributed by atoms with E-state index < -0.39 is 0 Å². The molecule has 0 N–H and O–H groups in total. The Labute approximate surface area is 185 Å². The minimum atomic E-state index is 0.987. The van der Waals surface area contributed by atoms with Crippen LogP contribution in [0.15, 0.2) is 36.7 Å². The van der Waals surface area contributed by atoms with Crippen LogP contribution in [0, 0.1) is 0 Å². The quantitative estimate of drug-likeness (QED) is 0.244. The third-order valence-corrected chi connectivity index (χ3v) is 6.05. The van der Waals surface area contributed by atoms with Gasteiger partial charge in [0.2, 0.25) is 0 Å². The van der Waals surface area contributed by atoms with Gasteiger partial charge >= 0.3 is 0 Å². The Morgan fingerprint density at radius 3 is 1.17 bits per heavy atom. The summed E-state index contributed by atoms with van der Waals surface area (Å²) in [6.45, 7) is 4.55. The van der Waals surface area contributed by atoms with E-state index in [1.807, 2.05) is 12.4 Å². The van der Waals surface area contributed by atoms with Gasteiger partial charge in [-0.05, 0) is 48.9 Å². The molecule has 0 unspecified atom stereocenters. The molecule has 0 aliphatic carbocycles. The molecule has 2 aromatic heterocycles. The second-order valence-corrected chi connectivity index (χ2v) is 8.85. The van der Waals surface area contributed by atoms with E-state index in [9.17, 15) is 0 Å². The average molecular weight is 409 g/mol. The van der Waals surface area contributed by atoms with E-state index in [4.69, 9.17) is 0 Å². The van der Waals surface area contributed by atoms with Crippen molar-refractivity contribution in [2.24, 2.45) is 0 Å². The van der Waals surface area contributed by atoms with Crippen LogP contribution in [0.3, 0.4) is 0 Å². The first kappa shape index (κ1) is 24.6. The number of aromatic nitrogens is 2. The zero-order chi connectivity index (χ0) is 21.3. The second-order valence-electron chi connectivity index (χ2n) is 8.85. The van der Waals surface area contributed by atoms with Gasteiger partial charge in [-0.3, -0.25) is 9.97 Å². The lowest BCUT2D eigenvalue weighted by molar-refractivity contribution is 0.589. The van der Waals surface area contributed by atoms with Crippen molar-refractivity contribution in [3.8, 4) is 11.4 Å². The molecular weight excluding hydrogens is 364 g/mol. The molecule has 2 rings (SSSR count). The second kappa shape index (κ2) is 16.1. The van der Waals surface area contributed by atoms with Crippen LogP contribution in [0.4, 0.5) is 0 Å². The molecule has 0 aliphatic rings. The molecule has 0 atom stereocenters. The zero-order valence-electron chi connectivity index (χ0n) is 19.7. The smallest absolute Gasteiger partial charge is 0.0886 e. The van der Waals surface area contributed by atoms with Crippen LogP contribution < -0.4 is 0 Å². The fourth-order valence-corrected chi connectivity index (χ4v) is 4.02. The van der Waals surface area contributed by atoms with Crippen molar-refractivity contribution in [2.75, 3.05) is 0 Å². The Hall–Kier alpha value is -1.70. The van der Waals surface area contributed by atoms with Crippen molar-refractivity contribution >= 4 is 0 Å². The summed E-state index contributed by atoms with van der Waals surface area (Å²) in [5.74, 6) is 0. The van der Waals surface area contributed by atoms with Crippen molar-refractivity contribution in [2.45, 2.75) is 117 Å². The highest BCUT2D eigenvalue weighted by atomic mass is 14.8. The molecule has 2 heteroatoms. The molecule has 2 nitrogen and oxygen atoms in total. The van der Waals surface area contributed by atoms with Crippen LogP contribution in [0.5, 0.6) is 0 Å². The SMILES string of the molecule is CCCCCCCCCc1ccc(-c2ccc(CCCCCCCCC)cn2)nc1. The van der Waals surface area contributed by atoms with Crippen molar-refractivity contribution in [3.63, 3.8) is 0 Å². The summed E-state index contributed by atoms with van der Waals surface area (Å²) in [5.41, 5.74) is 4.67. The third-order valence-electron chi connectivity index (χ3n) is 6.05. The minimum Gasteiger partial charge on any atom is -0.254 e. The molecule has 0 saturated heterocycles. The molecule has 0 radical (unpaired) electrons. The van der Waals surface area contributed by atoms with E-state index in [0.717, 1.165) is 24.2 Å². The van der Waals surface area contributed by atoms with Gasteiger partial charge in [0.25, 0.3) is 0 Å². The molecule has 0 fully saturated rings.